The number of aromatic nitrogens is 2. The molecule has 294 valence electrons. The van der Waals surface area contributed by atoms with Gasteiger partial charge < -0.3 is 18.6 Å². The average molecular weight is 755 g/mol. The van der Waals surface area contributed by atoms with Gasteiger partial charge in [0.15, 0.2) is 0 Å². The smallest absolute Gasteiger partial charge is 0.343 e. The fraction of sp³-hybridized carbons (Fsp3) is 0.408. The molecule has 7 nitrogen and oxygen atoms in total. The summed E-state index contributed by atoms with van der Waals surface area (Å²) in [4.78, 5) is 12.7. The summed E-state index contributed by atoms with van der Waals surface area (Å²) in [5.74, 6) is 8.90. The predicted molar refractivity (Wildman–Crippen MR) is 225 cm³/mol. The molecule has 1 aromatic heterocycles. The summed E-state index contributed by atoms with van der Waals surface area (Å²) in [5.41, 5.74) is 3.77. The molecule has 0 saturated carbocycles. The van der Waals surface area contributed by atoms with Gasteiger partial charge in [0.05, 0.1) is 18.8 Å². The fourth-order valence-electron chi connectivity index (χ4n) is 6.30. The molecule has 0 N–H and O–H groups in total. The number of unbranched alkanes of at least 4 members (excludes halogenated alkanes) is 14. The van der Waals surface area contributed by atoms with Gasteiger partial charge in [0.2, 0.25) is 11.8 Å². The number of nitrogens with zero attached hydrogens (tertiary/aromatic N) is 2. The van der Waals surface area contributed by atoms with Gasteiger partial charge >= 0.3 is 5.97 Å². The van der Waals surface area contributed by atoms with Crippen molar-refractivity contribution < 1.29 is 23.4 Å². The van der Waals surface area contributed by atoms with E-state index < -0.39 is 5.97 Å². The normalized spacial score (nSPS) is 10.8. The zero-order valence-corrected chi connectivity index (χ0v) is 33.4. The molecule has 0 aliphatic carbocycles. The summed E-state index contributed by atoms with van der Waals surface area (Å²) in [5, 5.41) is 8.53. The Morgan fingerprint density at radius 2 is 0.857 bits per heavy atom. The molecule has 5 aromatic rings. The van der Waals surface area contributed by atoms with E-state index in [1.807, 2.05) is 72.8 Å². The van der Waals surface area contributed by atoms with Crippen LogP contribution in [0.2, 0.25) is 0 Å². The van der Waals surface area contributed by atoms with Gasteiger partial charge in [-0.25, -0.2) is 4.79 Å². The fourth-order valence-corrected chi connectivity index (χ4v) is 6.30. The van der Waals surface area contributed by atoms with Crippen molar-refractivity contribution in [1.29, 1.82) is 0 Å². The van der Waals surface area contributed by atoms with Crippen LogP contribution in [0.1, 0.15) is 138 Å². The summed E-state index contributed by atoms with van der Waals surface area (Å²) in [6.07, 6.45) is 20.3. The van der Waals surface area contributed by atoms with Gasteiger partial charge in [-0.1, -0.05) is 116 Å². The molecule has 0 bridgehead atoms. The number of ether oxygens (including phenoxy) is 3. The van der Waals surface area contributed by atoms with Crippen LogP contribution in [0, 0.1) is 11.8 Å². The molecule has 0 aliphatic rings. The highest BCUT2D eigenvalue weighted by atomic mass is 16.5. The van der Waals surface area contributed by atoms with Crippen LogP contribution in [0.3, 0.4) is 0 Å². The molecule has 0 fully saturated rings. The van der Waals surface area contributed by atoms with Crippen LogP contribution in [-0.2, 0) is 0 Å². The van der Waals surface area contributed by atoms with E-state index in [9.17, 15) is 4.79 Å². The van der Waals surface area contributed by atoms with Crippen LogP contribution in [0.5, 0.6) is 17.2 Å². The zero-order chi connectivity index (χ0) is 39.0. The lowest BCUT2D eigenvalue weighted by Crippen LogP contribution is -2.08. The largest absolute Gasteiger partial charge is 0.494 e. The van der Waals surface area contributed by atoms with Gasteiger partial charge in [-0.15, -0.1) is 10.2 Å². The molecule has 0 atom stereocenters. The monoisotopic (exact) mass is 754 g/mol. The molecular weight excluding hydrogens is 697 g/mol. The van der Waals surface area contributed by atoms with Crippen molar-refractivity contribution in [2.45, 2.75) is 117 Å². The first-order chi connectivity index (χ1) is 27.6. The zero-order valence-electron chi connectivity index (χ0n) is 33.4. The molecule has 0 saturated heterocycles. The summed E-state index contributed by atoms with van der Waals surface area (Å²) >= 11 is 0. The van der Waals surface area contributed by atoms with E-state index in [1.54, 1.807) is 24.3 Å². The summed E-state index contributed by atoms with van der Waals surface area (Å²) in [7, 11) is 0. The third-order valence-electron chi connectivity index (χ3n) is 9.70. The Kier molecular flexibility index (Phi) is 18.1. The van der Waals surface area contributed by atoms with E-state index in [0.29, 0.717) is 29.7 Å². The van der Waals surface area contributed by atoms with Crippen molar-refractivity contribution >= 4 is 5.97 Å². The average Bonchev–Trinajstić information content (AvgIpc) is 3.73. The van der Waals surface area contributed by atoms with Crippen molar-refractivity contribution in [3.63, 3.8) is 0 Å². The highest BCUT2D eigenvalue weighted by molar-refractivity contribution is 5.91. The van der Waals surface area contributed by atoms with Crippen LogP contribution in [0.15, 0.2) is 101 Å². The maximum Gasteiger partial charge on any atom is 0.343 e. The highest BCUT2D eigenvalue weighted by Crippen LogP contribution is 2.26. The lowest BCUT2D eigenvalue weighted by Gasteiger charge is -2.08. The molecule has 7 heteroatoms. The summed E-state index contributed by atoms with van der Waals surface area (Å²) in [6, 6.07) is 29.8. The number of hydrogen-bond acceptors (Lipinski definition) is 7. The minimum absolute atomic E-state index is 0.418. The predicted octanol–water partition coefficient (Wildman–Crippen LogP) is 13.1. The minimum Gasteiger partial charge on any atom is -0.494 e. The molecule has 0 aliphatic heterocycles. The molecule has 0 unspecified atom stereocenters. The number of benzene rings is 4. The molecule has 0 spiro atoms. The van der Waals surface area contributed by atoms with Crippen molar-refractivity contribution in [2.75, 3.05) is 13.2 Å². The standard InChI is InChI=1S/C49H58N2O5/c1-3-5-7-9-11-13-15-17-37-53-44-33-27-42(28-34-44)48-51-50-47(56-48)41-25-21-39(22-26-41)19-20-40-23-31-46(32-24-40)55-49(52)43-29-35-45(36-30-43)54-38-18-16-14-12-10-8-6-4-2/h21-36H,3-18,37-38H2,1-2H3. The van der Waals surface area contributed by atoms with E-state index in [0.717, 1.165) is 53.2 Å². The number of rotatable bonds is 24. The molecular formula is C49H58N2O5. The third kappa shape index (κ3) is 14.7. The van der Waals surface area contributed by atoms with Gasteiger partial charge in [0, 0.05) is 22.3 Å². The second-order valence-electron chi connectivity index (χ2n) is 14.3. The van der Waals surface area contributed by atoms with Crippen LogP contribution in [-0.4, -0.2) is 29.4 Å². The van der Waals surface area contributed by atoms with Crippen LogP contribution in [0.25, 0.3) is 22.9 Å². The second kappa shape index (κ2) is 24.2. The number of esters is 1. The number of carbonyl (C=O) groups excluding carboxylic acids is 1. The molecule has 5 rings (SSSR count). The Bertz CT molecular complexity index is 1900. The molecule has 1 heterocycles. The first-order valence-corrected chi connectivity index (χ1v) is 20.9. The Morgan fingerprint density at radius 3 is 1.32 bits per heavy atom. The number of hydrogen-bond donors (Lipinski definition) is 0. The third-order valence-corrected chi connectivity index (χ3v) is 9.70. The van der Waals surface area contributed by atoms with Crippen LogP contribution < -0.4 is 14.2 Å². The van der Waals surface area contributed by atoms with E-state index >= 15 is 0 Å². The second-order valence-corrected chi connectivity index (χ2v) is 14.3. The molecule has 4 aromatic carbocycles. The Balaban J connectivity index is 1.01. The first kappa shape index (κ1) is 41.8. The SMILES string of the molecule is CCCCCCCCCCOc1ccc(C(=O)Oc2ccc(C#Cc3ccc(-c4nnc(-c5ccc(OCCCCCCCCCC)cc5)o4)cc3)cc2)cc1. The van der Waals surface area contributed by atoms with Gasteiger partial charge in [0.1, 0.15) is 17.2 Å². The Hall–Kier alpha value is -5.35. The minimum atomic E-state index is -0.418. The van der Waals surface area contributed by atoms with Crippen molar-refractivity contribution in [3.8, 4) is 52.0 Å². The van der Waals surface area contributed by atoms with Crippen LogP contribution in [0.4, 0.5) is 0 Å². The molecule has 0 radical (unpaired) electrons. The topological polar surface area (TPSA) is 83.7 Å². The van der Waals surface area contributed by atoms with Gasteiger partial charge in [-0.05, 0) is 110 Å². The molecule has 0 amide bonds. The van der Waals surface area contributed by atoms with Crippen molar-refractivity contribution in [3.05, 3.63) is 114 Å². The first-order valence-electron chi connectivity index (χ1n) is 20.9. The van der Waals surface area contributed by atoms with E-state index in [2.05, 4.69) is 35.9 Å². The van der Waals surface area contributed by atoms with Gasteiger partial charge in [-0.2, -0.15) is 0 Å². The summed E-state index contributed by atoms with van der Waals surface area (Å²) < 4.78 is 23.4. The highest BCUT2D eigenvalue weighted by Gasteiger charge is 2.12. The number of carbonyl (C=O) groups is 1. The summed E-state index contributed by atoms with van der Waals surface area (Å²) in [6.45, 7) is 5.92. The molecule has 56 heavy (non-hydrogen) atoms. The Labute approximate surface area is 334 Å². The quantitative estimate of drug-likeness (QED) is 0.0268. The van der Waals surface area contributed by atoms with Gasteiger partial charge in [0.25, 0.3) is 0 Å². The van der Waals surface area contributed by atoms with Crippen LogP contribution >= 0.6 is 0 Å². The van der Waals surface area contributed by atoms with Crippen molar-refractivity contribution in [2.24, 2.45) is 0 Å². The maximum absolute atomic E-state index is 12.7. The van der Waals surface area contributed by atoms with Gasteiger partial charge in [-0.3, -0.25) is 0 Å². The van der Waals surface area contributed by atoms with E-state index in [4.69, 9.17) is 18.6 Å². The maximum atomic E-state index is 12.7. The lowest BCUT2D eigenvalue weighted by atomic mass is 10.1. The van der Waals surface area contributed by atoms with E-state index in [-0.39, 0.29) is 0 Å². The lowest BCUT2D eigenvalue weighted by molar-refractivity contribution is 0.0734. The van der Waals surface area contributed by atoms with Crippen molar-refractivity contribution in [1.82, 2.24) is 10.2 Å². The van der Waals surface area contributed by atoms with E-state index in [1.165, 1.54) is 89.9 Å². The Morgan fingerprint density at radius 1 is 0.482 bits per heavy atom.